The Morgan fingerprint density at radius 3 is 2.85 bits per heavy atom. The van der Waals surface area contributed by atoms with E-state index in [2.05, 4.69) is 32.2 Å². The van der Waals surface area contributed by atoms with Crippen molar-refractivity contribution in [2.24, 2.45) is 5.92 Å². The molecule has 152 valence electrons. The highest BCUT2D eigenvalue weighted by molar-refractivity contribution is 5.78. The number of hydrogen-bond donors (Lipinski definition) is 1. The Hall–Kier alpha value is -1.67. The van der Waals surface area contributed by atoms with E-state index in [1.165, 1.54) is 0 Å². The second-order valence-corrected chi connectivity index (χ2v) is 7.57. The van der Waals surface area contributed by atoms with Crippen molar-refractivity contribution in [1.82, 2.24) is 20.4 Å². The highest BCUT2D eigenvalue weighted by Crippen LogP contribution is 2.25. The minimum absolute atomic E-state index is 0.0995. The first-order valence-corrected chi connectivity index (χ1v) is 10.3. The lowest BCUT2D eigenvalue weighted by Gasteiger charge is -2.41. The molecule has 1 amide bonds. The number of carbonyl (C=O) groups is 1. The predicted octanol–water partition coefficient (Wildman–Crippen LogP) is 1.47. The Kier molecular flexibility index (Phi) is 7.46. The topological polar surface area (TPSA) is 83.7 Å². The van der Waals surface area contributed by atoms with Gasteiger partial charge in [0.2, 0.25) is 11.8 Å². The zero-order valence-corrected chi connectivity index (χ0v) is 16.7. The van der Waals surface area contributed by atoms with E-state index < -0.39 is 0 Å². The van der Waals surface area contributed by atoms with Gasteiger partial charge in [-0.05, 0) is 43.8 Å². The molecule has 1 atom stereocenters. The lowest BCUT2D eigenvalue weighted by molar-refractivity contribution is -0.127. The maximum atomic E-state index is 12.4. The van der Waals surface area contributed by atoms with Crippen LogP contribution in [0.25, 0.3) is 0 Å². The molecule has 0 aromatic carbocycles. The summed E-state index contributed by atoms with van der Waals surface area (Å²) in [6.07, 6.45) is 6.08. The molecule has 3 heterocycles. The van der Waals surface area contributed by atoms with Gasteiger partial charge in [-0.3, -0.25) is 9.69 Å². The number of methoxy groups -OCH3 is 1. The molecule has 0 aliphatic carbocycles. The van der Waals surface area contributed by atoms with E-state index >= 15 is 0 Å². The SMILES string of the molecule is CCCc1nc(N2CCC(N3CCCC(C(=O)NCCOC)C3)CC2)no1. The molecule has 8 heteroatoms. The van der Waals surface area contributed by atoms with Gasteiger partial charge in [-0.2, -0.15) is 4.98 Å². The third-order valence-electron chi connectivity index (χ3n) is 5.61. The number of amides is 1. The Morgan fingerprint density at radius 2 is 2.11 bits per heavy atom. The molecule has 2 aliphatic heterocycles. The minimum atomic E-state index is 0.0995. The average molecular weight is 380 g/mol. The molecule has 0 spiro atoms. The first-order valence-electron chi connectivity index (χ1n) is 10.3. The second kappa shape index (κ2) is 10.0. The van der Waals surface area contributed by atoms with Crippen LogP contribution in [-0.2, 0) is 16.0 Å². The van der Waals surface area contributed by atoms with Gasteiger partial charge >= 0.3 is 0 Å². The molecule has 0 saturated carbocycles. The quantitative estimate of drug-likeness (QED) is 0.685. The summed E-state index contributed by atoms with van der Waals surface area (Å²) < 4.78 is 10.3. The number of aromatic nitrogens is 2. The molecular formula is C19H33N5O3. The van der Waals surface area contributed by atoms with Crippen molar-refractivity contribution in [2.75, 3.05) is 51.3 Å². The Labute approximate surface area is 161 Å². The molecule has 0 radical (unpaired) electrons. The normalized spacial score (nSPS) is 22.1. The first-order chi connectivity index (χ1) is 13.2. The van der Waals surface area contributed by atoms with E-state index in [4.69, 9.17) is 9.26 Å². The third-order valence-corrected chi connectivity index (χ3v) is 5.61. The fourth-order valence-electron chi connectivity index (χ4n) is 4.09. The smallest absolute Gasteiger partial charge is 0.266 e. The minimum Gasteiger partial charge on any atom is -0.383 e. The zero-order chi connectivity index (χ0) is 19.1. The molecule has 3 rings (SSSR count). The fourth-order valence-corrected chi connectivity index (χ4v) is 4.09. The van der Waals surface area contributed by atoms with E-state index in [9.17, 15) is 4.79 Å². The summed E-state index contributed by atoms with van der Waals surface area (Å²) in [7, 11) is 1.65. The predicted molar refractivity (Wildman–Crippen MR) is 103 cm³/mol. The molecule has 2 aliphatic rings. The van der Waals surface area contributed by atoms with Gasteiger partial charge in [0.1, 0.15) is 0 Å². The molecule has 1 unspecified atom stereocenters. The van der Waals surface area contributed by atoms with Crippen LogP contribution in [-0.4, -0.2) is 73.4 Å². The Bertz CT molecular complexity index is 586. The molecular weight excluding hydrogens is 346 g/mol. The maximum Gasteiger partial charge on any atom is 0.266 e. The van der Waals surface area contributed by atoms with Crippen molar-refractivity contribution in [2.45, 2.75) is 51.5 Å². The number of anilines is 1. The number of nitrogens with zero attached hydrogens (tertiary/aromatic N) is 4. The van der Waals surface area contributed by atoms with Gasteiger partial charge in [0, 0.05) is 45.8 Å². The standard InChI is InChI=1S/C19H33N5O3/c1-3-5-17-21-19(22-27-17)23-11-7-16(8-12-23)24-10-4-6-15(14-24)18(25)20-9-13-26-2/h15-16H,3-14H2,1-2H3,(H,20,25). The number of aryl methyl sites for hydroxylation is 1. The van der Waals surface area contributed by atoms with Gasteiger partial charge in [-0.15, -0.1) is 0 Å². The highest BCUT2D eigenvalue weighted by Gasteiger charge is 2.32. The maximum absolute atomic E-state index is 12.4. The van der Waals surface area contributed by atoms with Crippen molar-refractivity contribution in [3.05, 3.63) is 5.89 Å². The van der Waals surface area contributed by atoms with Crippen molar-refractivity contribution >= 4 is 11.9 Å². The van der Waals surface area contributed by atoms with E-state index in [1.54, 1.807) is 7.11 Å². The van der Waals surface area contributed by atoms with E-state index in [0.29, 0.717) is 19.2 Å². The monoisotopic (exact) mass is 379 g/mol. The Morgan fingerprint density at radius 1 is 1.30 bits per heavy atom. The van der Waals surface area contributed by atoms with Gasteiger partial charge in [0.25, 0.3) is 5.95 Å². The number of rotatable bonds is 8. The molecule has 1 N–H and O–H groups in total. The van der Waals surface area contributed by atoms with Crippen LogP contribution in [0.15, 0.2) is 4.52 Å². The van der Waals surface area contributed by atoms with Crippen LogP contribution in [0.5, 0.6) is 0 Å². The summed E-state index contributed by atoms with van der Waals surface area (Å²) in [5.74, 6) is 1.73. The van der Waals surface area contributed by atoms with Crippen LogP contribution in [0.2, 0.25) is 0 Å². The highest BCUT2D eigenvalue weighted by atomic mass is 16.5. The fraction of sp³-hybridized carbons (Fsp3) is 0.842. The molecule has 1 aromatic heterocycles. The third kappa shape index (κ3) is 5.42. The first kappa shape index (κ1) is 20.1. The van der Waals surface area contributed by atoms with E-state index in [0.717, 1.165) is 76.5 Å². The molecule has 8 nitrogen and oxygen atoms in total. The molecule has 1 aromatic rings. The van der Waals surface area contributed by atoms with Crippen LogP contribution in [0.4, 0.5) is 5.95 Å². The molecule has 0 bridgehead atoms. The number of carbonyl (C=O) groups excluding carboxylic acids is 1. The van der Waals surface area contributed by atoms with Gasteiger partial charge < -0.3 is 19.5 Å². The number of hydrogen-bond acceptors (Lipinski definition) is 7. The number of piperidine rings is 2. The van der Waals surface area contributed by atoms with Crippen LogP contribution in [0.3, 0.4) is 0 Å². The van der Waals surface area contributed by atoms with Gasteiger partial charge in [0.05, 0.1) is 12.5 Å². The summed E-state index contributed by atoms with van der Waals surface area (Å²) in [6.45, 7) is 7.11. The Balaban J connectivity index is 1.46. The van der Waals surface area contributed by atoms with Gasteiger partial charge in [-0.25, -0.2) is 0 Å². The summed E-state index contributed by atoms with van der Waals surface area (Å²) in [4.78, 5) is 21.6. The van der Waals surface area contributed by atoms with Crippen molar-refractivity contribution in [1.29, 1.82) is 0 Å². The van der Waals surface area contributed by atoms with Crippen LogP contribution < -0.4 is 10.2 Å². The number of nitrogens with one attached hydrogen (secondary N) is 1. The van der Waals surface area contributed by atoms with Crippen LogP contribution in [0.1, 0.15) is 44.9 Å². The lowest BCUT2D eigenvalue weighted by Crippen LogP contribution is -2.51. The molecule has 2 fully saturated rings. The second-order valence-electron chi connectivity index (χ2n) is 7.57. The largest absolute Gasteiger partial charge is 0.383 e. The van der Waals surface area contributed by atoms with Crippen molar-refractivity contribution in [3.63, 3.8) is 0 Å². The number of ether oxygens (including phenoxy) is 1. The van der Waals surface area contributed by atoms with Crippen molar-refractivity contribution in [3.8, 4) is 0 Å². The average Bonchev–Trinajstić information content (AvgIpc) is 3.17. The van der Waals surface area contributed by atoms with Crippen LogP contribution >= 0.6 is 0 Å². The van der Waals surface area contributed by atoms with E-state index in [1.807, 2.05) is 0 Å². The van der Waals surface area contributed by atoms with E-state index in [-0.39, 0.29) is 11.8 Å². The van der Waals surface area contributed by atoms with Crippen molar-refractivity contribution < 1.29 is 14.1 Å². The summed E-state index contributed by atoms with van der Waals surface area (Å²) in [6, 6.07) is 0.540. The summed E-state index contributed by atoms with van der Waals surface area (Å²) in [5, 5.41) is 7.12. The summed E-state index contributed by atoms with van der Waals surface area (Å²) >= 11 is 0. The van der Waals surface area contributed by atoms with Crippen LogP contribution in [0, 0.1) is 5.92 Å². The molecule has 27 heavy (non-hydrogen) atoms. The zero-order valence-electron chi connectivity index (χ0n) is 16.7. The van der Waals surface area contributed by atoms with Gasteiger partial charge in [0.15, 0.2) is 0 Å². The lowest BCUT2D eigenvalue weighted by atomic mass is 9.93. The van der Waals surface area contributed by atoms with Gasteiger partial charge in [-0.1, -0.05) is 6.92 Å². The molecule has 2 saturated heterocycles. The summed E-state index contributed by atoms with van der Waals surface area (Å²) in [5.41, 5.74) is 0. The number of likely N-dealkylation sites (tertiary alicyclic amines) is 1.